The van der Waals surface area contributed by atoms with Gasteiger partial charge < -0.3 is 10.1 Å². The molecular weight excluding hydrogens is 285 g/mol. The van der Waals surface area contributed by atoms with E-state index in [0.29, 0.717) is 12.1 Å². The third kappa shape index (κ3) is 2.44. The monoisotopic (exact) mass is 305 g/mol. The van der Waals surface area contributed by atoms with Gasteiger partial charge in [-0.2, -0.15) is 0 Å². The minimum Gasteiger partial charge on any atom is -0.489 e. The second kappa shape index (κ2) is 5.25. The summed E-state index contributed by atoms with van der Waals surface area (Å²) in [5, 5.41) is 6.42. The van der Waals surface area contributed by atoms with Crippen molar-refractivity contribution in [1.29, 1.82) is 0 Å². The van der Waals surface area contributed by atoms with E-state index in [4.69, 9.17) is 4.74 Å². The standard InChI is InChI=1S/C17H20FNOS/c1-10-9-21-17-15(6-5-14(18)16(10)17)20-13-7-11-3-2-4-12(8-13)19-11/h5-6,9,11-13,19H,2-4,7-8H2,1H3/t11-,12+,13?. The first-order valence-electron chi connectivity index (χ1n) is 7.79. The summed E-state index contributed by atoms with van der Waals surface area (Å²) in [5.74, 6) is 0.716. The first-order chi connectivity index (χ1) is 10.2. The molecule has 2 saturated heterocycles. The maximum atomic E-state index is 14.0. The summed E-state index contributed by atoms with van der Waals surface area (Å²) in [7, 11) is 0. The topological polar surface area (TPSA) is 21.3 Å². The average molecular weight is 305 g/mol. The van der Waals surface area contributed by atoms with Gasteiger partial charge in [0, 0.05) is 17.5 Å². The molecule has 2 nitrogen and oxygen atoms in total. The van der Waals surface area contributed by atoms with Gasteiger partial charge in [0.25, 0.3) is 0 Å². The molecule has 0 spiro atoms. The van der Waals surface area contributed by atoms with Crippen LogP contribution < -0.4 is 10.1 Å². The second-order valence-corrected chi connectivity index (χ2v) is 7.25. The highest BCUT2D eigenvalue weighted by atomic mass is 32.1. The van der Waals surface area contributed by atoms with Gasteiger partial charge in [-0.25, -0.2) is 4.39 Å². The number of nitrogens with one attached hydrogen (secondary N) is 1. The van der Waals surface area contributed by atoms with Gasteiger partial charge in [0.2, 0.25) is 0 Å². The van der Waals surface area contributed by atoms with Crippen LogP contribution in [0.1, 0.15) is 37.7 Å². The quantitative estimate of drug-likeness (QED) is 0.888. The number of thiophene rings is 1. The predicted molar refractivity (Wildman–Crippen MR) is 84.7 cm³/mol. The zero-order valence-electron chi connectivity index (χ0n) is 12.2. The maximum Gasteiger partial charge on any atom is 0.137 e. The highest BCUT2D eigenvalue weighted by Gasteiger charge is 2.32. The number of hydrogen-bond donors (Lipinski definition) is 1. The Bertz CT molecular complexity index is 656. The summed E-state index contributed by atoms with van der Waals surface area (Å²) in [6.07, 6.45) is 6.25. The van der Waals surface area contributed by atoms with Crippen LogP contribution in [0.2, 0.25) is 0 Å². The van der Waals surface area contributed by atoms with Crippen molar-refractivity contribution >= 4 is 21.4 Å². The smallest absolute Gasteiger partial charge is 0.137 e. The minimum absolute atomic E-state index is 0.140. The molecule has 1 aromatic carbocycles. The van der Waals surface area contributed by atoms with Crippen molar-refractivity contribution in [3.8, 4) is 5.75 Å². The molecule has 3 heterocycles. The number of ether oxygens (including phenoxy) is 1. The lowest BCUT2D eigenvalue weighted by Crippen LogP contribution is -2.51. The number of rotatable bonds is 2. The Morgan fingerprint density at radius 1 is 1.24 bits per heavy atom. The van der Waals surface area contributed by atoms with Gasteiger partial charge in [-0.05, 0) is 55.7 Å². The van der Waals surface area contributed by atoms with Crippen molar-refractivity contribution in [2.24, 2.45) is 0 Å². The molecule has 21 heavy (non-hydrogen) atoms. The fourth-order valence-corrected chi connectivity index (χ4v) is 4.83. The molecule has 2 bridgehead atoms. The molecule has 2 aliphatic rings. The summed E-state index contributed by atoms with van der Waals surface area (Å²) in [6, 6.07) is 4.54. The molecule has 2 fully saturated rings. The molecule has 0 amide bonds. The van der Waals surface area contributed by atoms with Crippen molar-refractivity contribution in [1.82, 2.24) is 5.32 Å². The van der Waals surface area contributed by atoms with Crippen LogP contribution in [-0.4, -0.2) is 18.2 Å². The fourth-order valence-electron chi connectivity index (χ4n) is 3.81. The molecule has 1 unspecified atom stereocenters. The van der Waals surface area contributed by atoms with Gasteiger partial charge in [-0.1, -0.05) is 6.42 Å². The van der Waals surface area contributed by atoms with E-state index in [1.807, 2.05) is 12.3 Å². The Hall–Kier alpha value is -1.13. The Balaban J connectivity index is 1.61. The van der Waals surface area contributed by atoms with Crippen LogP contribution in [0.4, 0.5) is 4.39 Å². The first-order valence-corrected chi connectivity index (χ1v) is 8.67. The van der Waals surface area contributed by atoms with E-state index < -0.39 is 0 Å². The van der Waals surface area contributed by atoms with Crippen LogP contribution in [-0.2, 0) is 0 Å². The molecule has 4 heteroatoms. The van der Waals surface area contributed by atoms with Crippen molar-refractivity contribution < 1.29 is 9.13 Å². The lowest BCUT2D eigenvalue weighted by molar-refractivity contribution is 0.0940. The van der Waals surface area contributed by atoms with Crippen LogP contribution >= 0.6 is 11.3 Å². The van der Waals surface area contributed by atoms with Crippen LogP contribution in [0.15, 0.2) is 17.5 Å². The first kappa shape index (κ1) is 13.5. The molecule has 2 aliphatic heterocycles. The fraction of sp³-hybridized carbons (Fsp3) is 0.529. The number of halogens is 1. The lowest BCUT2D eigenvalue weighted by Gasteiger charge is -2.40. The predicted octanol–water partition coefficient (Wildman–Crippen LogP) is 4.40. The maximum absolute atomic E-state index is 14.0. The highest BCUT2D eigenvalue weighted by Crippen LogP contribution is 2.37. The summed E-state index contributed by atoms with van der Waals surface area (Å²) in [4.78, 5) is 0. The summed E-state index contributed by atoms with van der Waals surface area (Å²) < 4.78 is 21.2. The number of hydrogen-bond acceptors (Lipinski definition) is 3. The third-order valence-electron chi connectivity index (χ3n) is 4.78. The second-order valence-electron chi connectivity index (χ2n) is 6.37. The van der Waals surface area contributed by atoms with Gasteiger partial charge in [-0.15, -0.1) is 11.3 Å². The van der Waals surface area contributed by atoms with Gasteiger partial charge in [0.15, 0.2) is 0 Å². The van der Waals surface area contributed by atoms with Crippen molar-refractivity contribution in [3.63, 3.8) is 0 Å². The number of aryl methyl sites for hydroxylation is 1. The Labute approximate surface area is 128 Å². The van der Waals surface area contributed by atoms with Crippen LogP contribution in [0.3, 0.4) is 0 Å². The molecule has 0 radical (unpaired) electrons. The van der Waals surface area contributed by atoms with Gasteiger partial charge in [0.1, 0.15) is 17.7 Å². The zero-order chi connectivity index (χ0) is 14.4. The van der Waals surface area contributed by atoms with Gasteiger partial charge in [0.05, 0.1) is 4.70 Å². The van der Waals surface area contributed by atoms with Crippen LogP contribution in [0.25, 0.3) is 10.1 Å². The minimum atomic E-state index is -0.140. The Kier molecular flexibility index (Phi) is 3.38. The molecule has 4 rings (SSSR count). The van der Waals surface area contributed by atoms with Crippen molar-refractivity contribution in [2.75, 3.05) is 0 Å². The van der Waals surface area contributed by atoms with E-state index in [0.717, 1.165) is 34.2 Å². The SMILES string of the molecule is Cc1csc2c(OC3C[C@H]4CCC[C@@H](C3)N4)ccc(F)c12. The zero-order valence-corrected chi connectivity index (χ0v) is 13.0. The van der Waals surface area contributed by atoms with Crippen molar-refractivity contribution in [3.05, 3.63) is 28.9 Å². The van der Waals surface area contributed by atoms with E-state index in [-0.39, 0.29) is 11.9 Å². The van der Waals surface area contributed by atoms with Crippen LogP contribution in [0, 0.1) is 12.7 Å². The molecule has 1 N–H and O–H groups in total. The average Bonchev–Trinajstić information content (AvgIpc) is 2.85. The highest BCUT2D eigenvalue weighted by molar-refractivity contribution is 7.17. The molecular formula is C17H20FNOS. The van der Waals surface area contributed by atoms with E-state index in [1.54, 1.807) is 23.5 Å². The Morgan fingerprint density at radius 2 is 2.00 bits per heavy atom. The molecule has 0 saturated carbocycles. The summed E-state index contributed by atoms with van der Waals surface area (Å²) in [6.45, 7) is 1.96. The van der Waals surface area contributed by atoms with Gasteiger partial charge in [-0.3, -0.25) is 0 Å². The summed E-state index contributed by atoms with van der Waals surface area (Å²) >= 11 is 1.58. The van der Waals surface area contributed by atoms with Crippen molar-refractivity contribution in [2.45, 2.75) is 57.2 Å². The van der Waals surface area contributed by atoms with E-state index in [9.17, 15) is 4.39 Å². The molecule has 3 atom stereocenters. The van der Waals surface area contributed by atoms with Gasteiger partial charge >= 0.3 is 0 Å². The van der Waals surface area contributed by atoms with Crippen LogP contribution in [0.5, 0.6) is 5.75 Å². The molecule has 0 aliphatic carbocycles. The Morgan fingerprint density at radius 3 is 2.76 bits per heavy atom. The van der Waals surface area contributed by atoms with E-state index >= 15 is 0 Å². The lowest BCUT2D eigenvalue weighted by atomic mass is 9.85. The number of fused-ring (bicyclic) bond motifs is 3. The third-order valence-corrected chi connectivity index (χ3v) is 5.90. The normalized spacial score (nSPS) is 28.8. The molecule has 1 aromatic heterocycles. The largest absolute Gasteiger partial charge is 0.489 e. The van der Waals surface area contributed by atoms with E-state index in [2.05, 4.69) is 5.32 Å². The number of benzene rings is 1. The molecule has 2 aromatic rings. The summed E-state index contributed by atoms with van der Waals surface area (Å²) in [5.41, 5.74) is 1.00. The number of piperidine rings is 2. The van der Waals surface area contributed by atoms with E-state index in [1.165, 1.54) is 19.3 Å². The molecule has 112 valence electrons.